The fraction of sp³-hybridized carbons (Fsp3) is 0.357. The van der Waals surface area contributed by atoms with Gasteiger partial charge >= 0.3 is 5.25 Å². The van der Waals surface area contributed by atoms with Crippen molar-refractivity contribution in [2.24, 2.45) is 0 Å². The lowest BCUT2D eigenvalue weighted by Gasteiger charge is -2.21. The second-order valence-electron chi connectivity index (χ2n) is 10.5. The first-order valence-corrected chi connectivity index (χ1v) is 14.5. The van der Waals surface area contributed by atoms with Gasteiger partial charge in [0.25, 0.3) is 0 Å². The minimum atomic E-state index is -5.82. The summed E-state index contributed by atoms with van der Waals surface area (Å²) >= 11 is 0. The lowest BCUT2D eigenvalue weighted by Crippen LogP contribution is -2.35. The zero-order valence-corrected chi connectivity index (χ0v) is 23.8. The van der Waals surface area contributed by atoms with Crippen LogP contribution in [0, 0.1) is 0 Å². The summed E-state index contributed by atoms with van der Waals surface area (Å²) in [6, 6.07) is 21.9. The minimum absolute atomic E-state index is 0.0171. The molecule has 0 spiro atoms. The minimum Gasteiger partial charge on any atom is -0.743 e. The predicted molar refractivity (Wildman–Crippen MR) is 142 cm³/mol. The van der Waals surface area contributed by atoms with Crippen molar-refractivity contribution in [2.75, 3.05) is 6.61 Å². The molecule has 0 bridgehead atoms. The van der Waals surface area contributed by atoms with Gasteiger partial charge in [-0.2, -0.15) is 8.78 Å². The van der Waals surface area contributed by atoms with Crippen LogP contribution in [0.5, 0.6) is 17.2 Å². The second-order valence-corrected chi connectivity index (χ2v) is 14.1. The van der Waals surface area contributed by atoms with Gasteiger partial charge in [0.15, 0.2) is 31.4 Å². The SMILES string of the molecule is CC(C)(C)Oc1ccc([S+](c2ccc(OCC(F)(F)S(=O)(=O)[O-])cc2)c2ccc(OC(C)(C)C)cc2)cc1. The third-order valence-corrected chi connectivity index (χ3v) is 7.88. The molecule has 0 aromatic heterocycles. The molecule has 0 aliphatic heterocycles. The number of halogens is 2. The van der Waals surface area contributed by atoms with Crippen LogP contribution in [-0.4, -0.2) is 36.0 Å². The molecule has 38 heavy (non-hydrogen) atoms. The summed E-state index contributed by atoms with van der Waals surface area (Å²) in [4.78, 5) is 2.86. The van der Waals surface area contributed by atoms with Crippen molar-refractivity contribution < 1.29 is 36.0 Å². The van der Waals surface area contributed by atoms with Crippen LogP contribution in [0.1, 0.15) is 41.5 Å². The first-order valence-electron chi connectivity index (χ1n) is 11.8. The van der Waals surface area contributed by atoms with Crippen molar-refractivity contribution in [3.63, 3.8) is 0 Å². The van der Waals surface area contributed by atoms with E-state index in [-0.39, 0.29) is 17.0 Å². The summed E-state index contributed by atoms with van der Waals surface area (Å²) in [5.74, 6) is 1.48. The number of hydrogen-bond acceptors (Lipinski definition) is 6. The number of ether oxygens (including phenoxy) is 3. The fourth-order valence-electron chi connectivity index (χ4n) is 3.31. The molecule has 3 aromatic carbocycles. The Morgan fingerprint density at radius 2 is 0.974 bits per heavy atom. The summed E-state index contributed by atoms with van der Waals surface area (Å²) in [6.45, 7) is 10.3. The first-order chi connectivity index (χ1) is 17.4. The molecule has 0 aliphatic carbocycles. The van der Waals surface area contributed by atoms with E-state index in [0.717, 1.165) is 26.2 Å². The van der Waals surface area contributed by atoms with Crippen LogP contribution in [0.15, 0.2) is 87.5 Å². The van der Waals surface area contributed by atoms with Crippen LogP contribution < -0.4 is 14.2 Å². The van der Waals surface area contributed by atoms with E-state index in [1.807, 2.05) is 90.1 Å². The summed E-state index contributed by atoms with van der Waals surface area (Å²) < 4.78 is 76.0. The van der Waals surface area contributed by atoms with Gasteiger partial charge < -0.3 is 18.8 Å². The van der Waals surface area contributed by atoms with Gasteiger partial charge in [0.05, 0.1) is 10.9 Å². The van der Waals surface area contributed by atoms with Gasteiger partial charge in [0.2, 0.25) is 0 Å². The highest BCUT2D eigenvalue weighted by Crippen LogP contribution is 2.35. The van der Waals surface area contributed by atoms with Crippen molar-refractivity contribution in [2.45, 2.75) is 72.7 Å². The third kappa shape index (κ3) is 8.34. The Balaban J connectivity index is 1.92. The molecule has 3 aromatic rings. The van der Waals surface area contributed by atoms with Crippen molar-refractivity contribution in [1.82, 2.24) is 0 Å². The highest BCUT2D eigenvalue weighted by atomic mass is 32.2. The molecule has 0 radical (unpaired) electrons. The summed E-state index contributed by atoms with van der Waals surface area (Å²) in [5, 5.41) is -4.52. The molecule has 10 heteroatoms. The smallest absolute Gasteiger partial charge is 0.367 e. The van der Waals surface area contributed by atoms with Gasteiger partial charge in [-0.25, -0.2) is 8.42 Å². The van der Waals surface area contributed by atoms with E-state index in [4.69, 9.17) is 14.2 Å². The number of rotatable bonds is 9. The maximum absolute atomic E-state index is 13.5. The van der Waals surface area contributed by atoms with E-state index >= 15 is 0 Å². The Bertz CT molecular complexity index is 1250. The molecule has 0 atom stereocenters. The molecule has 0 N–H and O–H groups in total. The predicted octanol–water partition coefficient (Wildman–Crippen LogP) is 6.65. The third-order valence-electron chi connectivity index (χ3n) is 4.80. The van der Waals surface area contributed by atoms with Crippen LogP contribution in [0.2, 0.25) is 0 Å². The fourth-order valence-corrected chi connectivity index (χ4v) is 5.56. The molecule has 0 unspecified atom stereocenters. The number of benzene rings is 3. The molecule has 0 saturated heterocycles. The van der Waals surface area contributed by atoms with E-state index in [1.54, 1.807) is 12.1 Å². The second kappa shape index (κ2) is 11.1. The Labute approximate surface area is 226 Å². The van der Waals surface area contributed by atoms with Crippen molar-refractivity contribution in [1.29, 1.82) is 0 Å². The molecule has 3 rings (SSSR count). The Morgan fingerprint density at radius 3 is 1.26 bits per heavy atom. The largest absolute Gasteiger partial charge is 0.743 e. The molecule has 0 amide bonds. The summed E-state index contributed by atoms with van der Waals surface area (Å²) in [7, 11) is -6.41. The standard InChI is InChI=1S/C28H32F2O6S2/c1-26(2,3)35-21-9-15-24(16-10-21)37(25-17-11-22(12-18-25)36-27(4,5)6)23-13-7-20(8-14-23)34-19-28(29,30)38(31,32)33/h7-18H,19H2,1-6H3. The van der Waals surface area contributed by atoms with Crippen molar-refractivity contribution >= 4 is 21.0 Å². The van der Waals surface area contributed by atoms with Crippen molar-refractivity contribution in [3.8, 4) is 17.2 Å². The number of alkyl halides is 2. The first kappa shape index (κ1) is 29.7. The van der Waals surface area contributed by atoms with E-state index < -0.39 is 32.9 Å². The molecule has 6 nitrogen and oxygen atoms in total. The Kier molecular flexibility index (Phi) is 8.70. The topological polar surface area (TPSA) is 84.9 Å². The zero-order valence-electron chi connectivity index (χ0n) is 22.2. The maximum atomic E-state index is 13.5. The van der Waals surface area contributed by atoms with Gasteiger partial charge in [0.1, 0.15) is 28.5 Å². The quantitative estimate of drug-likeness (QED) is 0.213. The maximum Gasteiger partial charge on any atom is 0.367 e. The monoisotopic (exact) mass is 566 g/mol. The molecule has 0 aliphatic rings. The normalized spacial score (nSPS) is 12.9. The van der Waals surface area contributed by atoms with Crippen LogP contribution in [0.25, 0.3) is 0 Å². The average molecular weight is 567 g/mol. The van der Waals surface area contributed by atoms with Crippen LogP contribution in [-0.2, 0) is 21.0 Å². The molecular weight excluding hydrogens is 534 g/mol. The summed E-state index contributed by atoms with van der Waals surface area (Å²) in [5.41, 5.74) is -0.686. The molecule has 0 fully saturated rings. The van der Waals surface area contributed by atoms with E-state index in [0.29, 0.717) is 0 Å². The van der Waals surface area contributed by atoms with E-state index in [1.165, 1.54) is 12.1 Å². The zero-order chi connectivity index (χ0) is 28.4. The van der Waals surface area contributed by atoms with Gasteiger partial charge in [-0.15, -0.1) is 0 Å². The van der Waals surface area contributed by atoms with E-state index in [2.05, 4.69) is 0 Å². The van der Waals surface area contributed by atoms with Crippen LogP contribution in [0.4, 0.5) is 8.78 Å². The van der Waals surface area contributed by atoms with Crippen LogP contribution in [0.3, 0.4) is 0 Å². The van der Waals surface area contributed by atoms with Crippen molar-refractivity contribution in [3.05, 3.63) is 72.8 Å². The lowest BCUT2D eigenvalue weighted by molar-refractivity contribution is 0.0279. The lowest BCUT2D eigenvalue weighted by atomic mass is 10.2. The molecule has 0 saturated carbocycles. The molecule has 206 valence electrons. The van der Waals surface area contributed by atoms with Gasteiger partial charge in [-0.05, 0) is 114 Å². The number of hydrogen-bond donors (Lipinski definition) is 0. The Hall–Kier alpha value is -2.82. The molecular formula is C28H32F2O6S2. The van der Waals surface area contributed by atoms with Crippen LogP contribution >= 0.6 is 0 Å². The van der Waals surface area contributed by atoms with E-state index in [9.17, 15) is 21.8 Å². The van der Waals surface area contributed by atoms with Gasteiger partial charge in [-0.3, -0.25) is 0 Å². The summed E-state index contributed by atoms with van der Waals surface area (Å²) in [6.07, 6.45) is 0. The average Bonchev–Trinajstić information content (AvgIpc) is 2.78. The van der Waals surface area contributed by atoms with Gasteiger partial charge in [0, 0.05) is 0 Å². The highest BCUT2D eigenvalue weighted by Gasteiger charge is 2.39. The molecule has 0 heterocycles. The Morgan fingerprint density at radius 1 is 0.658 bits per heavy atom. The van der Waals surface area contributed by atoms with Gasteiger partial charge in [-0.1, -0.05) is 0 Å². The highest BCUT2D eigenvalue weighted by molar-refractivity contribution is 7.97.